The van der Waals surface area contributed by atoms with Gasteiger partial charge in [-0.2, -0.15) is 0 Å². The minimum atomic E-state index is -0.740. The second-order valence-electron chi connectivity index (χ2n) is 7.72. The molecule has 1 saturated heterocycles. The molecule has 6 nitrogen and oxygen atoms in total. The molecule has 2 aliphatic rings. The maximum Gasteiger partial charge on any atom is 0.264 e. The van der Waals surface area contributed by atoms with E-state index in [2.05, 4.69) is 10.3 Å². The third kappa shape index (κ3) is 3.90. The van der Waals surface area contributed by atoms with Gasteiger partial charge in [-0.25, -0.2) is 0 Å². The van der Waals surface area contributed by atoms with Gasteiger partial charge in [-0.1, -0.05) is 11.6 Å². The number of amides is 1. The van der Waals surface area contributed by atoms with E-state index >= 15 is 0 Å². The molecule has 162 valence electrons. The molecule has 2 atom stereocenters. The maximum absolute atomic E-state index is 13.0. The zero-order chi connectivity index (χ0) is 21.5. The van der Waals surface area contributed by atoms with Crippen molar-refractivity contribution in [2.75, 3.05) is 32.1 Å². The first kappa shape index (κ1) is 21.0. The van der Waals surface area contributed by atoms with Gasteiger partial charge in [0, 0.05) is 65.4 Å². The summed E-state index contributed by atoms with van der Waals surface area (Å²) in [6.07, 6.45) is 0.948. The molecule has 5 rings (SSSR count). The topological polar surface area (TPSA) is 74.7 Å². The number of pyridine rings is 1. The molecular weight excluding hydrogens is 457 g/mol. The van der Waals surface area contributed by atoms with Crippen LogP contribution in [0.15, 0.2) is 30.5 Å². The van der Waals surface area contributed by atoms with Crippen LogP contribution in [-0.4, -0.2) is 59.1 Å². The van der Waals surface area contributed by atoms with E-state index in [-0.39, 0.29) is 11.8 Å². The first-order valence-corrected chi connectivity index (χ1v) is 11.9. The summed E-state index contributed by atoms with van der Waals surface area (Å²) in [5.74, 6) is 0.828. The van der Waals surface area contributed by atoms with Gasteiger partial charge in [-0.15, -0.1) is 22.9 Å². The minimum absolute atomic E-state index is 0.0169. The van der Waals surface area contributed by atoms with E-state index in [1.807, 2.05) is 29.2 Å². The number of ether oxygens (including phenoxy) is 1. The average molecular weight is 478 g/mol. The van der Waals surface area contributed by atoms with E-state index in [4.69, 9.17) is 27.9 Å². The Morgan fingerprint density at radius 3 is 2.90 bits per heavy atom. The number of thiophene rings is 1. The smallest absolute Gasteiger partial charge is 0.264 e. The van der Waals surface area contributed by atoms with Gasteiger partial charge in [0.1, 0.15) is 11.9 Å². The number of hydrogen-bond donors (Lipinski definition) is 2. The van der Waals surface area contributed by atoms with E-state index < -0.39 is 12.2 Å². The molecule has 1 fully saturated rings. The Labute approximate surface area is 193 Å². The third-order valence-corrected chi connectivity index (χ3v) is 7.47. The number of rotatable bonds is 4. The summed E-state index contributed by atoms with van der Waals surface area (Å²) in [6, 6.07) is 7.51. The monoisotopic (exact) mass is 477 g/mol. The molecule has 0 aliphatic carbocycles. The Kier molecular flexibility index (Phi) is 5.79. The zero-order valence-corrected chi connectivity index (χ0v) is 18.9. The van der Waals surface area contributed by atoms with E-state index in [1.165, 1.54) is 11.3 Å². The van der Waals surface area contributed by atoms with Gasteiger partial charge in [0.05, 0.1) is 16.1 Å². The largest absolute Gasteiger partial charge is 0.479 e. The summed E-state index contributed by atoms with van der Waals surface area (Å²) < 4.78 is 7.15. The Hall–Kier alpha value is -1.90. The van der Waals surface area contributed by atoms with E-state index in [9.17, 15) is 9.90 Å². The second-order valence-corrected chi connectivity index (χ2v) is 9.55. The van der Waals surface area contributed by atoms with Gasteiger partial charge < -0.3 is 20.1 Å². The lowest BCUT2D eigenvalue weighted by Gasteiger charge is -2.29. The fourth-order valence-electron chi connectivity index (χ4n) is 4.16. The van der Waals surface area contributed by atoms with Crippen molar-refractivity contribution in [2.24, 2.45) is 0 Å². The van der Waals surface area contributed by atoms with Crippen molar-refractivity contribution >= 4 is 50.7 Å². The molecule has 9 heteroatoms. The van der Waals surface area contributed by atoms with Crippen LogP contribution in [-0.2, 0) is 11.2 Å². The van der Waals surface area contributed by atoms with Crippen LogP contribution >= 0.6 is 34.5 Å². The molecule has 0 radical (unpaired) electrons. The molecule has 4 heterocycles. The van der Waals surface area contributed by atoms with Crippen LogP contribution in [0.25, 0.3) is 21.3 Å². The van der Waals surface area contributed by atoms with Crippen LogP contribution in [0.3, 0.4) is 0 Å². The first-order chi connectivity index (χ1) is 15.0. The number of hydrogen-bond acceptors (Lipinski definition) is 6. The maximum atomic E-state index is 13.0. The van der Waals surface area contributed by atoms with Crippen LogP contribution in [0.4, 0.5) is 0 Å². The summed E-state index contributed by atoms with van der Waals surface area (Å²) in [5, 5.41) is 14.0. The molecule has 0 bridgehead atoms. The number of aromatic nitrogens is 1. The quantitative estimate of drug-likeness (QED) is 0.561. The first-order valence-electron chi connectivity index (χ1n) is 10.2. The average Bonchev–Trinajstić information content (AvgIpc) is 3.42. The van der Waals surface area contributed by atoms with Crippen LogP contribution in [0.1, 0.15) is 16.5 Å². The SMILES string of the molecule is O=C([C@H]1Cc2cc(Cl)cc(-c3ccnc4cc(C(O)CCl)sc34)c2O1)N1CCNCC1. The van der Waals surface area contributed by atoms with Crippen molar-refractivity contribution in [1.29, 1.82) is 0 Å². The Morgan fingerprint density at radius 2 is 2.13 bits per heavy atom. The standard InChI is InChI=1S/C22H21Cl2N3O3S/c23-11-17(28)19-10-16-21(31-19)14(1-2-26-16)15-9-13(24)7-12-8-18(30-20(12)15)22(29)27-5-3-25-4-6-27/h1-2,7,9-10,17-18,25,28H,3-6,8,11H2/t17?,18-/m1/s1. The lowest BCUT2D eigenvalue weighted by atomic mass is 10.0. The van der Waals surface area contributed by atoms with Crippen molar-refractivity contribution in [3.8, 4) is 16.9 Å². The van der Waals surface area contributed by atoms with E-state index in [0.717, 1.165) is 44.9 Å². The number of halogens is 2. The van der Waals surface area contributed by atoms with Gasteiger partial charge in [0.2, 0.25) is 0 Å². The lowest BCUT2D eigenvalue weighted by Crippen LogP contribution is -2.50. The van der Waals surface area contributed by atoms with Gasteiger partial charge in [-0.05, 0) is 24.3 Å². The highest BCUT2D eigenvalue weighted by molar-refractivity contribution is 7.19. The predicted octanol–water partition coefficient (Wildman–Crippen LogP) is 3.62. The number of carbonyl (C=O) groups excluding carboxylic acids is 1. The van der Waals surface area contributed by atoms with Crippen LogP contribution in [0.5, 0.6) is 5.75 Å². The number of fused-ring (bicyclic) bond motifs is 2. The fourth-order valence-corrected chi connectivity index (χ4v) is 5.79. The van der Waals surface area contributed by atoms with Crippen LogP contribution in [0.2, 0.25) is 5.02 Å². The number of alkyl halides is 1. The number of nitrogens with one attached hydrogen (secondary N) is 1. The summed E-state index contributed by atoms with van der Waals surface area (Å²) in [7, 11) is 0. The van der Waals surface area contributed by atoms with Gasteiger partial charge in [0.25, 0.3) is 5.91 Å². The molecule has 0 saturated carbocycles. The molecule has 1 aromatic carbocycles. The van der Waals surface area contributed by atoms with Crippen molar-refractivity contribution in [3.05, 3.63) is 45.9 Å². The molecule has 1 amide bonds. The molecule has 31 heavy (non-hydrogen) atoms. The van der Waals surface area contributed by atoms with Crippen molar-refractivity contribution in [2.45, 2.75) is 18.6 Å². The van der Waals surface area contributed by atoms with Crippen molar-refractivity contribution < 1.29 is 14.6 Å². The Balaban J connectivity index is 1.53. The Morgan fingerprint density at radius 1 is 1.32 bits per heavy atom. The fraction of sp³-hybridized carbons (Fsp3) is 0.364. The summed E-state index contributed by atoms with van der Waals surface area (Å²) >= 11 is 13.7. The predicted molar refractivity (Wildman–Crippen MR) is 123 cm³/mol. The molecule has 0 spiro atoms. The number of aliphatic hydroxyl groups excluding tert-OH is 1. The van der Waals surface area contributed by atoms with Crippen LogP contribution in [0, 0.1) is 0 Å². The number of carbonyl (C=O) groups is 1. The number of nitrogens with zero attached hydrogens (tertiary/aromatic N) is 2. The summed E-state index contributed by atoms with van der Waals surface area (Å²) in [5.41, 5.74) is 3.46. The van der Waals surface area contributed by atoms with Crippen molar-refractivity contribution in [1.82, 2.24) is 15.2 Å². The zero-order valence-electron chi connectivity index (χ0n) is 16.6. The summed E-state index contributed by atoms with van der Waals surface area (Å²) in [6.45, 7) is 2.97. The normalized spacial score (nSPS) is 19.3. The highest BCUT2D eigenvalue weighted by Crippen LogP contribution is 2.45. The molecule has 2 N–H and O–H groups in total. The molecular formula is C22H21Cl2N3O3S. The Bertz CT molecular complexity index is 1150. The molecule has 2 aromatic heterocycles. The molecule has 3 aromatic rings. The van der Waals surface area contributed by atoms with E-state index in [1.54, 1.807) is 6.20 Å². The van der Waals surface area contributed by atoms with Crippen LogP contribution < -0.4 is 10.1 Å². The highest BCUT2D eigenvalue weighted by atomic mass is 35.5. The summed E-state index contributed by atoms with van der Waals surface area (Å²) in [4.78, 5) is 20.1. The molecule has 1 unspecified atom stereocenters. The second kappa shape index (κ2) is 8.56. The minimum Gasteiger partial charge on any atom is -0.479 e. The number of piperazine rings is 1. The molecule has 2 aliphatic heterocycles. The van der Waals surface area contributed by atoms with Gasteiger partial charge in [-0.3, -0.25) is 9.78 Å². The number of benzene rings is 1. The number of aliphatic hydroxyl groups is 1. The third-order valence-electron chi connectivity index (χ3n) is 5.70. The highest BCUT2D eigenvalue weighted by Gasteiger charge is 2.35. The van der Waals surface area contributed by atoms with Gasteiger partial charge >= 0.3 is 0 Å². The lowest BCUT2D eigenvalue weighted by molar-refractivity contribution is -0.138. The van der Waals surface area contributed by atoms with Crippen molar-refractivity contribution in [3.63, 3.8) is 0 Å². The van der Waals surface area contributed by atoms with Gasteiger partial charge in [0.15, 0.2) is 6.10 Å². The van der Waals surface area contributed by atoms with E-state index in [0.29, 0.717) is 30.3 Å².